The topological polar surface area (TPSA) is 61.0 Å². The molecule has 0 radical (unpaired) electrons. The van der Waals surface area contributed by atoms with Gasteiger partial charge in [0.25, 0.3) is 0 Å². The predicted molar refractivity (Wildman–Crippen MR) is 192 cm³/mol. The summed E-state index contributed by atoms with van der Waals surface area (Å²) in [6.07, 6.45) is 5.16. The van der Waals surface area contributed by atoms with Gasteiger partial charge in [0, 0.05) is 33.4 Å². The highest BCUT2D eigenvalue weighted by Gasteiger charge is 2.36. The second-order valence-electron chi connectivity index (χ2n) is 13.0. The Kier molecular flexibility index (Phi) is 6.19. The summed E-state index contributed by atoms with van der Waals surface area (Å²) in [4.78, 5) is 15.3. The lowest BCUT2D eigenvalue weighted by atomic mass is 9.83. The first-order valence-electron chi connectivity index (χ1n) is 16.8. The normalized spacial score (nSPS) is 17.0. The van der Waals surface area contributed by atoms with E-state index in [9.17, 15) is 0 Å². The van der Waals surface area contributed by atoms with Crippen molar-refractivity contribution in [3.63, 3.8) is 0 Å². The van der Waals surface area contributed by atoms with E-state index < -0.39 is 0 Å². The Bertz CT molecular complexity index is 2500. The van der Waals surface area contributed by atoms with Crippen LogP contribution in [-0.2, 0) is 0 Å². The summed E-state index contributed by atoms with van der Waals surface area (Å²) in [5.41, 5.74) is 8.00. The van der Waals surface area contributed by atoms with Crippen molar-refractivity contribution in [2.45, 2.75) is 37.7 Å². The fraction of sp³-hybridized carbons (Fsp3) is 0.140. The molecule has 48 heavy (non-hydrogen) atoms. The molecule has 0 N–H and O–H groups in total. The monoisotopic (exact) mass is 621 g/mol. The highest BCUT2D eigenvalue weighted by molar-refractivity contribution is 6.09. The van der Waals surface area contributed by atoms with E-state index in [0.29, 0.717) is 29.5 Å². The number of furan rings is 1. The molecule has 6 aromatic carbocycles. The molecule has 2 aromatic heterocycles. The van der Waals surface area contributed by atoms with Crippen LogP contribution in [0.3, 0.4) is 0 Å². The quantitative estimate of drug-likeness (QED) is 0.196. The first kappa shape index (κ1) is 27.3. The fourth-order valence-corrected chi connectivity index (χ4v) is 7.70. The van der Waals surface area contributed by atoms with Crippen molar-refractivity contribution in [3.8, 4) is 51.0 Å². The first-order chi connectivity index (χ1) is 23.7. The Labute approximate surface area is 277 Å². The molecule has 2 aliphatic rings. The van der Waals surface area contributed by atoms with Crippen LogP contribution in [0.15, 0.2) is 132 Å². The highest BCUT2D eigenvalue weighted by Crippen LogP contribution is 2.47. The molecule has 0 amide bonds. The molecule has 0 bridgehead atoms. The molecule has 0 saturated heterocycles. The van der Waals surface area contributed by atoms with Gasteiger partial charge in [-0.3, -0.25) is 0 Å². The number of para-hydroxylation sites is 2. The molecule has 3 heterocycles. The van der Waals surface area contributed by atoms with Gasteiger partial charge in [0.1, 0.15) is 23.0 Å². The molecule has 5 nitrogen and oxygen atoms in total. The molecule has 0 spiro atoms. The zero-order valence-electron chi connectivity index (χ0n) is 26.3. The van der Waals surface area contributed by atoms with E-state index in [1.54, 1.807) is 0 Å². The molecule has 2 atom stereocenters. The maximum atomic E-state index is 6.43. The number of aromatic nitrogens is 3. The van der Waals surface area contributed by atoms with Gasteiger partial charge in [-0.2, -0.15) is 0 Å². The summed E-state index contributed by atoms with van der Waals surface area (Å²) in [5.74, 6) is 3.37. The van der Waals surface area contributed by atoms with Crippen molar-refractivity contribution in [2.75, 3.05) is 0 Å². The summed E-state index contributed by atoms with van der Waals surface area (Å²) >= 11 is 0. The van der Waals surface area contributed by atoms with Gasteiger partial charge in [0.2, 0.25) is 0 Å². The third-order valence-corrected chi connectivity index (χ3v) is 10.1. The Morgan fingerprint density at radius 3 is 2.12 bits per heavy atom. The minimum atomic E-state index is 0.313. The second-order valence-corrected chi connectivity index (χ2v) is 13.0. The Morgan fingerprint density at radius 2 is 1.23 bits per heavy atom. The minimum absolute atomic E-state index is 0.313. The van der Waals surface area contributed by atoms with Crippen LogP contribution in [0.25, 0.3) is 78.0 Å². The fourth-order valence-electron chi connectivity index (χ4n) is 7.70. The van der Waals surface area contributed by atoms with E-state index in [1.807, 2.05) is 30.3 Å². The molecule has 1 saturated carbocycles. The Balaban J connectivity index is 1.13. The number of hydrogen-bond donors (Lipinski definition) is 0. The summed E-state index contributed by atoms with van der Waals surface area (Å²) in [6, 6.07) is 44.2. The maximum absolute atomic E-state index is 6.43. The van der Waals surface area contributed by atoms with Gasteiger partial charge in [-0.25, -0.2) is 15.0 Å². The number of fused-ring (bicyclic) bond motifs is 7. The van der Waals surface area contributed by atoms with E-state index in [0.717, 1.165) is 61.7 Å². The molecule has 1 aliphatic heterocycles. The zero-order valence-corrected chi connectivity index (χ0v) is 26.3. The van der Waals surface area contributed by atoms with Gasteiger partial charge >= 0.3 is 0 Å². The maximum Gasteiger partial charge on any atom is 0.167 e. The van der Waals surface area contributed by atoms with Gasteiger partial charge in [-0.15, -0.1) is 0 Å². The van der Waals surface area contributed by atoms with Crippen LogP contribution >= 0.6 is 0 Å². The van der Waals surface area contributed by atoms with Gasteiger partial charge in [-0.1, -0.05) is 103 Å². The lowest BCUT2D eigenvalue weighted by Crippen LogP contribution is -2.22. The van der Waals surface area contributed by atoms with Crippen molar-refractivity contribution in [3.05, 3.63) is 133 Å². The molecule has 5 heteroatoms. The molecular weight excluding hydrogens is 590 g/mol. The van der Waals surface area contributed by atoms with Crippen molar-refractivity contribution in [1.29, 1.82) is 0 Å². The van der Waals surface area contributed by atoms with Crippen molar-refractivity contribution < 1.29 is 9.15 Å². The Morgan fingerprint density at radius 1 is 0.521 bits per heavy atom. The van der Waals surface area contributed by atoms with Crippen LogP contribution in [0, 0.1) is 0 Å². The van der Waals surface area contributed by atoms with Gasteiger partial charge in [0.15, 0.2) is 17.5 Å². The third kappa shape index (κ3) is 4.49. The number of benzene rings is 6. The van der Waals surface area contributed by atoms with Crippen molar-refractivity contribution >= 4 is 32.7 Å². The standard InChI is InChI=1S/C43H31N3O2/c1-2-9-26(10-3-1)27-17-19-28(20-18-27)41-44-42(46-43(45-41)35-14-8-13-34-32-11-4-7-16-38(32)48-40(34)35)30-22-21-29-25-39-36(24-31(29)23-30)33-12-5-6-15-37(33)47-39/h1-4,7-11,13-14,16-25,33,37H,5-6,12,15H2. The SMILES string of the molecule is c1ccc(-c2ccc(-c3nc(-c4ccc5cc6c(cc5c4)C4CCCCC4O6)nc(-c4cccc5c4oc4ccccc45)n3)cc2)cc1. The molecule has 2 unspecified atom stereocenters. The van der Waals surface area contributed by atoms with Crippen molar-refractivity contribution in [2.24, 2.45) is 0 Å². The average molecular weight is 622 g/mol. The number of hydrogen-bond acceptors (Lipinski definition) is 5. The number of nitrogens with zero attached hydrogens (tertiary/aromatic N) is 3. The molecular formula is C43H31N3O2. The third-order valence-electron chi connectivity index (χ3n) is 10.1. The van der Waals surface area contributed by atoms with Gasteiger partial charge < -0.3 is 9.15 Å². The molecule has 1 fully saturated rings. The minimum Gasteiger partial charge on any atom is -0.489 e. The summed E-state index contributed by atoms with van der Waals surface area (Å²) in [5, 5.41) is 4.46. The van der Waals surface area contributed by atoms with Crippen LogP contribution < -0.4 is 4.74 Å². The first-order valence-corrected chi connectivity index (χ1v) is 16.8. The van der Waals surface area contributed by atoms with Crippen LogP contribution in [0.1, 0.15) is 37.2 Å². The summed E-state index contributed by atoms with van der Waals surface area (Å²) in [7, 11) is 0. The second kappa shape index (κ2) is 10.9. The van der Waals surface area contributed by atoms with Crippen LogP contribution in [0.4, 0.5) is 0 Å². The van der Waals surface area contributed by atoms with Gasteiger partial charge in [0.05, 0.1) is 5.56 Å². The van der Waals surface area contributed by atoms with Crippen LogP contribution in [0.2, 0.25) is 0 Å². The molecule has 1 aliphatic carbocycles. The number of ether oxygens (including phenoxy) is 1. The van der Waals surface area contributed by atoms with Crippen LogP contribution in [0.5, 0.6) is 5.75 Å². The van der Waals surface area contributed by atoms with E-state index in [2.05, 4.69) is 97.1 Å². The van der Waals surface area contributed by atoms with E-state index in [1.165, 1.54) is 35.8 Å². The largest absolute Gasteiger partial charge is 0.489 e. The van der Waals surface area contributed by atoms with Crippen LogP contribution in [-0.4, -0.2) is 21.1 Å². The zero-order chi connectivity index (χ0) is 31.6. The van der Waals surface area contributed by atoms with Crippen molar-refractivity contribution in [1.82, 2.24) is 15.0 Å². The highest BCUT2D eigenvalue weighted by atomic mass is 16.5. The molecule has 8 aromatic rings. The van der Waals surface area contributed by atoms with E-state index in [-0.39, 0.29) is 0 Å². The Hall–Kier alpha value is -5.81. The van der Waals surface area contributed by atoms with E-state index >= 15 is 0 Å². The molecule has 230 valence electrons. The predicted octanol–water partition coefficient (Wildman–Crippen LogP) is 11.0. The molecule has 10 rings (SSSR count). The number of rotatable bonds is 4. The lowest BCUT2D eigenvalue weighted by molar-refractivity contribution is 0.164. The van der Waals surface area contributed by atoms with E-state index in [4.69, 9.17) is 24.1 Å². The smallest absolute Gasteiger partial charge is 0.167 e. The summed E-state index contributed by atoms with van der Waals surface area (Å²) in [6.45, 7) is 0. The summed E-state index contributed by atoms with van der Waals surface area (Å²) < 4.78 is 12.8. The average Bonchev–Trinajstić information content (AvgIpc) is 3.72. The lowest BCUT2D eigenvalue weighted by Gasteiger charge is -2.23. The van der Waals surface area contributed by atoms with Gasteiger partial charge in [-0.05, 0) is 71.5 Å².